The van der Waals surface area contributed by atoms with Crippen LogP contribution in [0.3, 0.4) is 0 Å². The molecular weight excluding hydrogens is 344 g/mol. The molecule has 0 aliphatic carbocycles. The van der Waals surface area contributed by atoms with Crippen LogP contribution in [0, 0.1) is 5.92 Å². The van der Waals surface area contributed by atoms with E-state index in [1.807, 2.05) is 30.3 Å². The number of nitrogens with zero attached hydrogens (tertiary/aromatic N) is 1. The highest BCUT2D eigenvalue weighted by Gasteiger charge is 2.28. The molecule has 0 bridgehead atoms. The summed E-state index contributed by atoms with van der Waals surface area (Å²) in [4.78, 5) is 17.8. The summed E-state index contributed by atoms with van der Waals surface area (Å²) in [5, 5.41) is 3.49. The largest absolute Gasteiger partial charge is 0.352 e. The molecule has 1 aromatic carbocycles. The molecular formula is C17H18N2O3S2. The molecule has 7 heteroatoms. The Balaban J connectivity index is 1.67. The van der Waals surface area contributed by atoms with Crippen LogP contribution in [-0.4, -0.2) is 37.4 Å². The number of aromatic nitrogens is 1. The quantitative estimate of drug-likeness (QED) is 0.884. The molecule has 1 unspecified atom stereocenters. The average Bonchev–Trinajstić information content (AvgIpc) is 2.93. The van der Waals surface area contributed by atoms with Crippen LogP contribution < -0.4 is 5.32 Å². The third kappa shape index (κ3) is 4.36. The first kappa shape index (κ1) is 17.0. The summed E-state index contributed by atoms with van der Waals surface area (Å²) < 4.78 is 23.0. The van der Waals surface area contributed by atoms with Crippen LogP contribution in [0.1, 0.15) is 16.8 Å². The van der Waals surface area contributed by atoms with Crippen LogP contribution >= 0.6 is 11.8 Å². The number of hydrogen-bond donors (Lipinski definition) is 1. The van der Waals surface area contributed by atoms with Gasteiger partial charge in [-0.3, -0.25) is 4.79 Å². The molecule has 1 atom stereocenters. The van der Waals surface area contributed by atoms with E-state index >= 15 is 0 Å². The fraction of sp³-hybridized carbons (Fsp3) is 0.294. The third-order valence-corrected chi connectivity index (χ3v) is 6.72. The van der Waals surface area contributed by atoms with Gasteiger partial charge in [0.1, 0.15) is 5.03 Å². The fourth-order valence-corrected chi connectivity index (χ4v) is 5.37. The zero-order chi connectivity index (χ0) is 17.0. The second-order valence-corrected chi connectivity index (χ2v) is 9.04. The molecule has 3 rings (SSSR count). The molecule has 1 fully saturated rings. The Morgan fingerprint density at radius 2 is 2.00 bits per heavy atom. The Bertz CT molecular complexity index is 823. The van der Waals surface area contributed by atoms with Gasteiger partial charge >= 0.3 is 0 Å². The standard InChI is InChI=1S/C17H18N2O3S2/c20-16(19-11-13-8-10-24(21,22)12-13)15-7-4-9-18-17(15)23-14-5-2-1-3-6-14/h1-7,9,13H,8,10-12H2,(H,19,20). The van der Waals surface area contributed by atoms with Crippen molar-refractivity contribution in [3.05, 3.63) is 54.2 Å². The molecule has 126 valence electrons. The second-order valence-electron chi connectivity index (χ2n) is 5.75. The van der Waals surface area contributed by atoms with Crippen molar-refractivity contribution >= 4 is 27.5 Å². The van der Waals surface area contributed by atoms with Crippen molar-refractivity contribution in [3.63, 3.8) is 0 Å². The first-order chi connectivity index (χ1) is 11.5. The zero-order valence-electron chi connectivity index (χ0n) is 13.0. The monoisotopic (exact) mass is 362 g/mol. The Hall–Kier alpha value is -1.86. The maximum atomic E-state index is 12.5. The molecule has 0 spiro atoms. The molecule has 5 nitrogen and oxygen atoms in total. The van der Waals surface area contributed by atoms with Crippen molar-refractivity contribution in [1.82, 2.24) is 10.3 Å². The normalized spacial score (nSPS) is 19.1. The molecule has 1 saturated heterocycles. The minimum absolute atomic E-state index is 0.000785. The van der Waals surface area contributed by atoms with Gasteiger partial charge in [-0.2, -0.15) is 0 Å². The van der Waals surface area contributed by atoms with Crippen molar-refractivity contribution in [2.75, 3.05) is 18.1 Å². The van der Waals surface area contributed by atoms with E-state index in [0.717, 1.165) is 4.90 Å². The van der Waals surface area contributed by atoms with Gasteiger partial charge in [0, 0.05) is 17.6 Å². The number of nitrogens with one attached hydrogen (secondary N) is 1. The molecule has 0 saturated carbocycles. The number of pyridine rings is 1. The maximum Gasteiger partial charge on any atom is 0.254 e. The van der Waals surface area contributed by atoms with E-state index in [1.165, 1.54) is 11.8 Å². The van der Waals surface area contributed by atoms with Gasteiger partial charge < -0.3 is 5.32 Å². The van der Waals surface area contributed by atoms with Gasteiger partial charge in [0.25, 0.3) is 5.91 Å². The number of carbonyl (C=O) groups is 1. The van der Waals surface area contributed by atoms with Crippen LogP contribution in [-0.2, 0) is 9.84 Å². The lowest BCUT2D eigenvalue weighted by molar-refractivity contribution is 0.0944. The van der Waals surface area contributed by atoms with E-state index in [9.17, 15) is 13.2 Å². The average molecular weight is 362 g/mol. The molecule has 1 aliphatic heterocycles. The number of amides is 1. The molecule has 24 heavy (non-hydrogen) atoms. The number of benzene rings is 1. The van der Waals surface area contributed by atoms with Crippen molar-refractivity contribution in [2.24, 2.45) is 5.92 Å². The minimum atomic E-state index is -2.92. The predicted molar refractivity (Wildman–Crippen MR) is 93.9 cm³/mol. The molecule has 1 N–H and O–H groups in total. The lowest BCUT2D eigenvalue weighted by atomic mass is 10.1. The van der Waals surface area contributed by atoms with Gasteiger partial charge in [-0.1, -0.05) is 30.0 Å². The van der Waals surface area contributed by atoms with E-state index in [1.54, 1.807) is 18.3 Å². The van der Waals surface area contributed by atoms with E-state index < -0.39 is 9.84 Å². The van der Waals surface area contributed by atoms with Gasteiger partial charge in [0.2, 0.25) is 0 Å². The Morgan fingerprint density at radius 1 is 1.21 bits per heavy atom. The molecule has 2 aromatic rings. The predicted octanol–water partition coefficient (Wildman–Crippen LogP) is 2.40. The molecule has 0 radical (unpaired) electrons. The zero-order valence-corrected chi connectivity index (χ0v) is 14.6. The fourth-order valence-electron chi connectivity index (χ4n) is 2.61. The van der Waals surface area contributed by atoms with Gasteiger partial charge in [-0.15, -0.1) is 0 Å². The maximum absolute atomic E-state index is 12.5. The summed E-state index contributed by atoms with van der Waals surface area (Å²) in [7, 11) is -2.92. The van der Waals surface area contributed by atoms with E-state index in [-0.39, 0.29) is 23.3 Å². The van der Waals surface area contributed by atoms with Crippen molar-refractivity contribution < 1.29 is 13.2 Å². The summed E-state index contributed by atoms with van der Waals surface area (Å²) in [6, 6.07) is 13.2. The SMILES string of the molecule is O=C(NCC1CCS(=O)(=O)C1)c1cccnc1Sc1ccccc1. The highest BCUT2D eigenvalue weighted by molar-refractivity contribution is 7.99. The summed E-state index contributed by atoms with van der Waals surface area (Å²) in [5.74, 6) is 0.160. The summed E-state index contributed by atoms with van der Waals surface area (Å²) in [5.41, 5.74) is 0.507. The van der Waals surface area contributed by atoms with Gasteiger partial charge in [-0.05, 0) is 36.6 Å². The van der Waals surface area contributed by atoms with Crippen LogP contribution in [0.25, 0.3) is 0 Å². The number of hydrogen-bond acceptors (Lipinski definition) is 5. The van der Waals surface area contributed by atoms with Crippen LogP contribution in [0.2, 0.25) is 0 Å². The van der Waals surface area contributed by atoms with Gasteiger partial charge in [0.05, 0.1) is 17.1 Å². The highest BCUT2D eigenvalue weighted by Crippen LogP contribution is 2.28. The van der Waals surface area contributed by atoms with E-state index in [0.29, 0.717) is 23.6 Å². The number of carbonyl (C=O) groups excluding carboxylic acids is 1. The summed E-state index contributed by atoms with van der Waals surface area (Å²) >= 11 is 1.43. The van der Waals surface area contributed by atoms with Gasteiger partial charge in [0.15, 0.2) is 9.84 Å². The Kier molecular flexibility index (Phi) is 5.20. The lowest BCUT2D eigenvalue weighted by Gasteiger charge is -2.11. The van der Waals surface area contributed by atoms with E-state index in [4.69, 9.17) is 0 Å². The van der Waals surface area contributed by atoms with Crippen LogP contribution in [0.15, 0.2) is 58.6 Å². The number of sulfone groups is 1. The molecule has 1 aliphatic rings. The van der Waals surface area contributed by atoms with Crippen LogP contribution in [0.5, 0.6) is 0 Å². The lowest BCUT2D eigenvalue weighted by Crippen LogP contribution is -2.30. The van der Waals surface area contributed by atoms with Crippen molar-refractivity contribution in [2.45, 2.75) is 16.3 Å². The first-order valence-electron chi connectivity index (χ1n) is 7.70. The first-order valence-corrected chi connectivity index (χ1v) is 10.3. The Morgan fingerprint density at radius 3 is 2.71 bits per heavy atom. The molecule has 1 amide bonds. The third-order valence-electron chi connectivity index (χ3n) is 3.85. The van der Waals surface area contributed by atoms with Crippen molar-refractivity contribution in [1.29, 1.82) is 0 Å². The van der Waals surface area contributed by atoms with E-state index in [2.05, 4.69) is 10.3 Å². The molecule has 2 heterocycles. The molecule has 1 aromatic heterocycles. The smallest absolute Gasteiger partial charge is 0.254 e. The topological polar surface area (TPSA) is 76.1 Å². The highest BCUT2D eigenvalue weighted by atomic mass is 32.2. The Labute approximate surface area is 145 Å². The minimum Gasteiger partial charge on any atom is -0.352 e. The van der Waals surface area contributed by atoms with Gasteiger partial charge in [-0.25, -0.2) is 13.4 Å². The summed E-state index contributed by atoms with van der Waals surface area (Å²) in [6.07, 6.45) is 2.27. The van der Waals surface area contributed by atoms with Crippen LogP contribution in [0.4, 0.5) is 0 Å². The van der Waals surface area contributed by atoms with Crippen molar-refractivity contribution in [3.8, 4) is 0 Å². The second kappa shape index (κ2) is 7.36. The number of rotatable bonds is 5. The summed E-state index contributed by atoms with van der Waals surface area (Å²) in [6.45, 7) is 0.377.